The largest absolute Gasteiger partial charge is 0.410 e. The molecule has 0 bridgehead atoms. The van der Waals surface area contributed by atoms with E-state index < -0.39 is 0 Å². The summed E-state index contributed by atoms with van der Waals surface area (Å²) in [5.74, 6) is 2.72. The average Bonchev–Trinajstić information content (AvgIpc) is 3.01. The van der Waals surface area contributed by atoms with Gasteiger partial charge in [-0.1, -0.05) is 30.3 Å². The lowest BCUT2D eigenvalue weighted by Crippen LogP contribution is -2.30. The van der Waals surface area contributed by atoms with Crippen LogP contribution in [0.15, 0.2) is 42.2 Å². The van der Waals surface area contributed by atoms with Crippen molar-refractivity contribution < 1.29 is 4.84 Å². The summed E-state index contributed by atoms with van der Waals surface area (Å²) < 4.78 is 0. The maximum atomic E-state index is 6.05. The topological polar surface area (TPSA) is 12.5 Å². The zero-order chi connectivity index (χ0) is 12.7. The van der Waals surface area contributed by atoms with Crippen LogP contribution in [0.1, 0.15) is 43.6 Å². The van der Waals surface area contributed by atoms with E-state index in [0.29, 0.717) is 6.04 Å². The van der Waals surface area contributed by atoms with Gasteiger partial charge < -0.3 is 4.84 Å². The predicted molar refractivity (Wildman–Crippen MR) is 75.4 cm³/mol. The van der Waals surface area contributed by atoms with Gasteiger partial charge in [0.05, 0.1) is 6.54 Å². The van der Waals surface area contributed by atoms with Crippen molar-refractivity contribution >= 4 is 0 Å². The molecule has 2 nitrogen and oxygen atoms in total. The molecule has 0 N–H and O–H groups in total. The Morgan fingerprint density at radius 3 is 2.53 bits per heavy atom. The minimum absolute atomic E-state index is 0.609. The summed E-state index contributed by atoms with van der Waals surface area (Å²) in [6.45, 7) is 0.998. The molecule has 100 valence electrons. The van der Waals surface area contributed by atoms with Crippen LogP contribution in [-0.2, 0) is 4.84 Å². The standard InChI is InChI=1S/C17H21NO/c1-2-4-13(5-3-1)15-8-9-16(12-15)18-11-10-17(19-18)14-6-7-14/h1-5,10,14-16H,6-9,11-12H2. The summed E-state index contributed by atoms with van der Waals surface area (Å²) >= 11 is 0. The Hall–Kier alpha value is -1.28. The lowest BCUT2D eigenvalue weighted by Gasteiger charge is -2.23. The molecular formula is C17H21NO. The molecule has 4 rings (SSSR count). The van der Waals surface area contributed by atoms with Crippen LogP contribution in [0.25, 0.3) is 0 Å². The first-order chi connectivity index (χ1) is 9.40. The van der Waals surface area contributed by atoms with Crippen molar-refractivity contribution in [2.24, 2.45) is 5.92 Å². The van der Waals surface area contributed by atoms with Gasteiger partial charge in [-0.25, -0.2) is 0 Å². The van der Waals surface area contributed by atoms with E-state index >= 15 is 0 Å². The maximum absolute atomic E-state index is 6.05. The minimum Gasteiger partial charge on any atom is -0.410 e. The van der Waals surface area contributed by atoms with Crippen molar-refractivity contribution in [2.75, 3.05) is 6.54 Å². The fourth-order valence-corrected chi connectivity index (χ4v) is 3.47. The van der Waals surface area contributed by atoms with Crippen LogP contribution in [0, 0.1) is 5.92 Å². The van der Waals surface area contributed by atoms with Crippen molar-refractivity contribution in [3.8, 4) is 0 Å². The number of allylic oxidation sites excluding steroid dienone is 1. The van der Waals surface area contributed by atoms with Crippen LogP contribution in [-0.4, -0.2) is 17.6 Å². The van der Waals surface area contributed by atoms with Gasteiger partial charge >= 0.3 is 0 Å². The minimum atomic E-state index is 0.609. The van der Waals surface area contributed by atoms with E-state index in [1.54, 1.807) is 0 Å². The molecule has 2 unspecified atom stereocenters. The van der Waals surface area contributed by atoms with Crippen LogP contribution in [0.2, 0.25) is 0 Å². The highest BCUT2D eigenvalue weighted by molar-refractivity contribution is 5.21. The molecule has 0 saturated heterocycles. The fourth-order valence-electron chi connectivity index (χ4n) is 3.47. The van der Waals surface area contributed by atoms with Crippen LogP contribution < -0.4 is 0 Å². The molecule has 0 radical (unpaired) electrons. The molecular weight excluding hydrogens is 234 g/mol. The molecule has 1 aromatic carbocycles. The lowest BCUT2D eigenvalue weighted by atomic mass is 9.98. The highest BCUT2D eigenvalue weighted by Crippen LogP contribution is 2.42. The monoisotopic (exact) mass is 255 g/mol. The Balaban J connectivity index is 1.38. The van der Waals surface area contributed by atoms with E-state index in [4.69, 9.17) is 4.84 Å². The zero-order valence-electron chi connectivity index (χ0n) is 11.3. The molecule has 2 aliphatic carbocycles. The predicted octanol–water partition coefficient (Wildman–Crippen LogP) is 3.86. The molecule has 2 saturated carbocycles. The number of hydroxylamine groups is 2. The van der Waals surface area contributed by atoms with Crippen molar-refractivity contribution in [3.63, 3.8) is 0 Å². The third-order valence-corrected chi connectivity index (χ3v) is 4.76. The Morgan fingerprint density at radius 1 is 0.947 bits per heavy atom. The molecule has 1 aliphatic heterocycles. The second kappa shape index (κ2) is 4.68. The number of rotatable bonds is 3. The van der Waals surface area contributed by atoms with E-state index in [-0.39, 0.29) is 0 Å². The van der Waals surface area contributed by atoms with Crippen molar-refractivity contribution in [2.45, 2.75) is 44.1 Å². The highest BCUT2D eigenvalue weighted by Gasteiger charge is 2.37. The number of hydrogen-bond acceptors (Lipinski definition) is 2. The van der Waals surface area contributed by atoms with E-state index in [1.807, 2.05) is 0 Å². The second-order valence-electron chi connectivity index (χ2n) is 6.15. The quantitative estimate of drug-likeness (QED) is 0.813. The van der Waals surface area contributed by atoms with Gasteiger partial charge in [-0.05, 0) is 49.7 Å². The number of benzene rings is 1. The van der Waals surface area contributed by atoms with E-state index in [2.05, 4.69) is 41.5 Å². The van der Waals surface area contributed by atoms with Gasteiger partial charge in [-0.3, -0.25) is 0 Å². The van der Waals surface area contributed by atoms with Crippen molar-refractivity contribution in [1.29, 1.82) is 0 Å². The Labute approximate surface area is 115 Å². The molecule has 0 spiro atoms. The normalized spacial score (nSPS) is 31.3. The smallest absolute Gasteiger partial charge is 0.125 e. The molecule has 1 aromatic rings. The van der Waals surface area contributed by atoms with Gasteiger partial charge in [0.25, 0.3) is 0 Å². The Morgan fingerprint density at radius 2 is 1.74 bits per heavy atom. The molecule has 19 heavy (non-hydrogen) atoms. The summed E-state index contributed by atoms with van der Waals surface area (Å²) in [4.78, 5) is 6.05. The SMILES string of the molecule is C1=C(C2CC2)ON(C2CCC(c3ccccc3)C2)C1. The van der Waals surface area contributed by atoms with Crippen molar-refractivity contribution in [3.05, 3.63) is 47.7 Å². The Kier molecular flexibility index (Phi) is 2.84. The van der Waals surface area contributed by atoms with Gasteiger partial charge in [0, 0.05) is 12.0 Å². The molecule has 3 aliphatic rings. The summed E-state index contributed by atoms with van der Waals surface area (Å²) in [5, 5.41) is 2.23. The summed E-state index contributed by atoms with van der Waals surface area (Å²) in [7, 11) is 0. The molecule has 0 amide bonds. The van der Waals surface area contributed by atoms with Gasteiger partial charge in [-0.15, -0.1) is 5.06 Å². The first-order valence-electron chi connectivity index (χ1n) is 7.60. The molecule has 1 heterocycles. The maximum Gasteiger partial charge on any atom is 0.125 e. The molecule has 2 fully saturated rings. The van der Waals surface area contributed by atoms with Crippen LogP contribution in [0.5, 0.6) is 0 Å². The van der Waals surface area contributed by atoms with Gasteiger partial charge in [-0.2, -0.15) is 0 Å². The summed E-state index contributed by atoms with van der Waals surface area (Å²) in [6, 6.07) is 11.6. The van der Waals surface area contributed by atoms with Crippen LogP contribution >= 0.6 is 0 Å². The fraction of sp³-hybridized carbons (Fsp3) is 0.529. The van der Waals surface area contributed by atoms with E-state index in [1.165, 1.54) is 43.4 Å². The lowest BCUT2D eigenvalue weighted by molar-refractivity contribution is -0.127. The highest BCUT2D eigenvalue weighted by atomic mass is 16.7. The van der Waals surface area contributed by atoms with Crippen LogP contribution in [0.4, 0.5) is 0 Å². The first kappa shape index (κ1) is 11.5. The average molecular weight is 255 g/mol. The number of nitrogens with zero attached hydrogens (tertiary/aromatic N) is 1. The third kappa shape index (κ3) is 2.30. The van der Waals surface area contributed by atoms with E-state index in [0.717, 1.165) is 18.4 Å². The molecule has 2 atom stereocenters. The van der Waals surface area contributed by atoms with Crippen LogP contribution in [0.3, 0.4) is 0 Å². The van der Waals surface area contributed by atoms with Gasteiger partial charge in [0.15, 0.2) is 0 Å². The molecule has 2 heteroatoms. The van der Waals surface area contributed by atoms with Crippen molar-refractivity contribution in [1.82, 2.24) is 5.06 Å². The zero-order valence-corrected chi connectivity index (χ0v) is 11.3. The third-order valence-electron chi connectivity index (χ3n) is 4.76. The van der Waals surface area contributed by atoms with Gasteiger partial charge in [0.1, 0.15) is 5.76 Å². The first-order valence-corrected chi connectivity index (χ1v) is 7.60. The summed E-state index contributed by atoms with van der Waals surface area (Å²) in [5.41, 5.74) is 1.50. The summed E-state index contributed by atoms with van der Waals surface area (Å²) in [6.07, 6.45) is 8.77. The second-order valence-corrected chi connectivity index (χ2v) is 6.15. The Bertz CT molecular complexity index is 477. The van der Waals surface area contributed by atoms with Gasteiger partial charge in [0.2, 0.25) is 0 Å². The molecule has 0 aromatic heterocycles. The number of hydrogen-bond donors (Lipinski definition) is 0. The van der Waals surface area contributed by atoms with E-state index in [9.17, 15) is 0 Å².